The average Bonchev–Trinajstić information content (AvgIpc) is 3.30. The first-order valence-electron chi connectivity index (χ1n) is 10.7. The number of carbonyl (C=O) groups is 1. The number of fused-ring (bicyclic) bond motifs is 2. The minimum absolute atomic E-state index is 0.217. The number of hydrogen-bond donors (Lipinski definition) is 0. The second kappa shape index (κ2) is 9.96. The molecule has 0 amide bonds. The number of halogens is 2. The van der Waals surface area contributed by atoms with E-state index in [1.54, 1.807) is 66.7 Å². The summed E-state index contributed by atoms with van der Waals surface area (Å²) in [6.45, 7) is -0.275. The van der Waals surface area contributed by atoms with Crippen molar-refractivity contribution >= 4 is 61.6 Å². The SMILES string of the molecule is COC(=O)COc1ccc(Br)cc1C=Nn1c(-c2cc3cc(Cl)ccc3o2)nc2ccccc2c1=O. The summed E-state index contributed by atoms with van der Waals surface area (Å²) in [5.74, 6) is 0.426. The van der Waals surface area contributed by atoms with Crippen molar-refractivity contribution in [3.8, 4) is 17.3 Å². The van der Waals surface area contributed by atoms with Crippen LogP contribution in [-0.2, 0) is 9.53 Å². The zero-order chi connectivity index (χ0) is 25.2. The minimum atomic E-state index is -0.525. The van der Waals surface area contributed by atoms with Gasteiger partial charge in [-0.15, -0.1) is 0 Å². The van der Waals surface area contributed by atoms with Gasteiger partial charge in [0.1, 0.15) is 11.3 Å². The van der Waals surface area contributed by atoms with Crippen molar-refractivity contribution in [2.45, 2.75) is 0 Å². The fourth-order valence-electron chi connectivity index (χ4n) is 3.58. The maximum Gasteiger partial charge on any atom is 0.343 e. The normalized spacial score (nSPS) is 11.4. The molecule has 3 aromatic carbocycles. The molecule has 36 heavy (non-hydrogen) atoms. The Bertz CT molecular complexity index is 1710. The first-order valence-corrected chi connectivity index (χ1v) is 11.8. The van der Waals surface area contributed by atoms with Crippen LogP contribution in [0.1, 0.15) is 5.56 Å². The molecule has 5 rings (SSSR count). The van der Waals surface area contributed by atoms with E-state index in [1.807, 2.05) is 0 Å². The Labute approximate surface area is 217 Å². The lowest BCUT2D eigenvalue weighted by Crippen LogP contribution is -2.20. The van der Waals surface area contributed by atoms with Gasteiger partial charge in [-0.05, 0) is 54.6 Å². The fraction of sp³-hybridized carbons (Fsp3) is 0.0769. The highest BCUT2D eigenvalue weighted by atomic mass is 79.9. The standard InChI is InChI=1S/C26H17BrClN3O5/c1-34-24(32)14-35-21-8-6-17(27)10-16(21)13-29-31-25(30-20-5-3-2-4-19(20)26(31)33)23-12-15-11-18(28)7-9-22(15)36-23/h2-13H,14H2,1H3. The van der Waals surface area contributed by atoms with Crippen LogP contribution in [-0.4, -0.2) is 35.6 Å². The number of benzene rings is 3. The maximum absolute atomic E-state index is 13.5. The Balaban J connectivity index is 1.65. The van der Waals surface area contributed by atoms with E-state index >= 15 is 0 Å². The van der Waals surface area contributed by atoms with Crippen molar-refractivity contribution in [1.29, 1.82) is 0 Å². The molecule has 0 aliphatic rings. The van der Waals surface area contributed by atoms with Crippen LogP contribution in [0.2, 0.25) is 5.02 Å². The van der Waals surface area contributed by atoms with Crippen LogP contribution in [0.3, 0.4) is 0 Å². The van der Waals surface area contributed by atoms with Gasteiger partial charge >= 0.3 is 5.97 Å². The molecule has 2 aromatic heterocycles. The highest BCUT2D eigenvalue weighted by Gasteiger charge is 2.17. The number of para-hydroxylation sites is 1. The molecule has 2 heterocycles. The third kappa shape index (κ3) is 4.75. The molecule has 0 atom stereocenters. The van der Waals surface area contributed by atoms with Crippen LogP contribution < -0.4 is 10.3 Å². The van der Waals surface area contributed by atoms with E-state index in [0.29, 0.717) is 38.6 Å². The summed E-state index contributed by atoms with van der Waals surface area (Å²) in [5, 5.41) is 6.18. The Hall–Kier alpha value is -3.95. The van der Waals surface area contributed by atoms with E-state index in [0.717, 1.165) is 9.86 Å². The van der Waals surface area contributed by atoms with E-state index in [9.17, 15) is 9.59 Å². The monoisotopic (exact) mass is 565 g/mol. The summed E-state index contributed by atoms with van der Waals surface area (Å²) in [6, 6.07) is 19.2. The second-order valence-corrected chi connectivity index (χ2v) is 9.01. The number of carbonyl (C=O) groups excluding carboxylic acids is 1. The van der Waals surface area contributed by atoms with Crippen molar-refractivity contribution in [2.24, 2.45) is 5.10 Å². The van der Waals surface area contributed by atoms with Crippen molar-refractivity contribution in [1.82, 2.24) is 9.66 Å². The van der Waals surface area contributed by atoms with Gasteiger partial charge in [-0.3, -0.25) is 4.79 Å². The molecule has 8 nitrogen and oxygen atoms in total. The molecule has 0 N–H and O–H groups in total. The maximum atomic E-state index is 13.5. The number of esters is 1. The molecule has 0 bridgehead atoms. The fourth-order valence-corrected chi connectivity index (χ4v) is 4.14. The summed E-state index contributed by atoms with van der Waals surface area (Å²) >= 11 is 9.55. The van der Waals surface area contributed by atoms with E-state index < -0.39 is 5.97 Å². The Morgan fingerprint density at radius 3 is 2.83 bits per heavy atom. The van der Waals surface area contributed by atoms with Gasteiger partial charge in [0.25, 0.3) is 5.56 Å². The van der Waals surface area contributed by atoms with Crippen molar-refractivity contribution in [2.75, 3.05) is 13.7 Å². The second-order valence-electron chi connectivity index (χ2n) is 7.65. The first-order chi connectivity index (χ1) is 17.4. The number of methoxy groups -OCH3 is 1. The summed E-state index contributed by atoms with van der Waals surface area (Å²) in [5.41, 5.74) is 1.25. The number of hydrogen-bond acceptors (Lipinski definition) is 7. The van der Waals surface area contributed by atoms with Crippen LogP contribution in [0.25, 0.3) is 33.5 Å². The highest BCUT2D eigenvalue weighted by Crippen LogP contribution is 2.29. The van der Waals surface area contributed by atoms with Gasteiger partial charge in [-0.2, -0.15) is 9.78 Å². The van der Waals surface area contributed by atoms with Crippen LogP contribution in [0.15, 0.2) is 85.5 Å². The molecule has 0 radical (unpaired) electrons. The highest BCUT2D eigenvalue weighted by molar-refractivity contribution is 9.10. The van der Waals surface area contributed by atoms with E-state index in [2.05, 4.69) is 30.8 Å². The van der Waals surface area contributed by atoms with Gasteiger partial charge in [0.2, 0.25) is 5.82 Å². The van der Waals surface area contributed by atoms with E-state index in [4.69, 9.17) is 20.8 Å². The zero-order valence-electron chi connectivity index (χ0n) is 18.8. The van der Waals surface area contributed by atoms with Crippen molar-refractivity contribution in [3.63, 3.8) is 0 Å². The van der Waals surface area contributed by atoms with Crippen molar-refractivity contribution in [3.05, 3.63) is 92.1 Å². The van der Waals surface area contributed by atoms with Gasteiger partial charge in [-0.25, -0.2) is 9.78 Å². The third-order valence-corrected chi connectivity index (χ3v) is 6.04. The zero-order valence-corrected chi connectivity index (χ0v) is 21.1. The number of rotatable bonds is 6. The molecule has 0 fully saturated rings. The molecule has 0 aliphatic heterocycles. The average molecular weight is 567 g/mol. The summed E-state index contributed by atoms with van der Waals surface area (Å²) < 4.78 is 18.1. The van der Waals surface area contributed by atoms with Crippen LogP contribution in [0, 0.1) is 0 Å². The molecule has 0 saturated carbocycles. The Morgan fingerprint density at radius 2 is 2.00 bits per heavy atom. The summed E-state index contributed by atoms with van der Waals surface area (Å²) in [6.07, 6.45) is 1.46. The quantitative estimate of drug-likeness (QED) is 0.194. The predicted octanol–water partition coefficient (Wildman–Crippen LogP) is 5.66. The number of nitrogens with zero attached hydrogens (tertiary/aromatic N) is 3. The Kier molecular flexibility index (Phi) is 6.58. The lowest BCUT2D eigenvalue weighted by atomic mass is 10.2. The van der Waals surface area contributed by atoms with Gasteiger partial charge in [0.15, 0.2) is 12.4 Å². The largest absolute Gasteiger partial charge is 0.481 e. The molecule has 180 valence electrons. The smallest absolute Gasteiger partial charge is 0.343 e. The number of ether oxygens (including phenoxy) is 2. The molecular formula is C26H17BrClN3O5. The molecule has 0 unspecified atom stereocenters. The number of furan rings is 1. The molecule has 10 heteroatoms. The molecule has 0 aliphatic carbocycles. The van der Waals surface area contributed by atoms with Crippen LogP contribution in [0.5, 0.6) is 5.75 Å². The van der Waals surface area contributed by atoms with Gasteiger partial charge in [0, 0.05) is 20.4 Å². The van der Waals surface area contributed by atoms with Crippen LogP contribution in [0.4, 0.5) is 0 Å². The number of aromatic nitrogens is 2. The minimum Gasteiger partial charge on any atom is -0.481 e. The first kappa shape index (κ1) is 23.8. The summed E-state index contributed by atoms with van der Waals surface area (Å²) in [7, 11) is 1.28. The predicted molar refractivity (Wildman–Crippen MR) is 141 cm³/mol. The molecule has 0 spiro atoms. The van der Waals surface area contributed by atoms with Gasteiger partial charge in [0.05, 0.1) is 24.2 Å². The Morgan fingerprint density at radius 1 is 1.17 bits per heavy atom. The van der Waals surface area contributed by atoms with Gasteiger partial charge < -0.3 is 13.9 Å². The molecule has 0 saturated heterocycles. The van der Waals surface area contributed by atoms with E-state index in [1.165, 1.54) is 18.0 Å². The third-order valence-electron chi connectivity index (χ3n) is 5.31. The van der Waals surface area contributed by atoms with Crippen LogP contribution >= 0.6 is 27.5 Å². The summed E-state index contributed by atoms with van der Waals surface area (Å²) in [4.78, 5) is 29.7. The van der Waals surface area contributed by atoms with Crippen molar-refractivity contribution < 1.29 is 18.7 Å². The van der Waals surface area contributed by atoms with E-state index in [-0.39, 0.29) is 18.0 Å². The molecular weight excluding hydrogens is 550 g/mol. The van der Waals surface area contributed by atoms with Gasteiger partial charge in [-0.1, -0.05) is 39.7 Å². The lowest BCUT2D eigenvalue weighted by molar-refractivity contribution is -0.142. The lowest BCUT2D eigenvalue weighted by Gasteiger charge is -2.10. The molecule has 5 aromatic rings. The topological polar surface area (TPSA) is 95.9 Å².